The molecular weight excluding hydrogens is 564 g/mol. The molecular formula is C37H44N4O4. The van der Waals surface area contributed by atoms with Gasteiger partial charge in [0.2, 0.25) is 5.91 Å². The predicted molar refractivity (Wildman–Crippen MR) is 177 cm³/mol. The van der Waals surface area contributed by atoms with Crippen LogP contribution in [-0.2, 0) is 22.5 Å². The summed E-state index contributed by atoms with van der Waals surface area (Å²) >= 11 is 0. The van der Waals surface area contributed by atoms with Gasteiger partial charge in [0.25, 0.3) is 5.91 Å². The van der Waals surface area contributed by atoms with Crippen molar-refractivity contribution in [3.05, 3.63) is 95.7 Å². The number of piperidine rings is 1. The first-order valence-corrected chi connectivity index (χ1v) is 16.2. The predicted octanol–water partition coefficient (Wildman–Crippen LogP) is 4.83. The molecule has 8 heteroatoms. The van der Waals surface area contributed by atoms with Gasteiger partial charge in [0.05, 0.1) is 6.10 Å². The summed E-state index contributed by atoms with van der Waals surface area (Å²) < 4.78 is 7.75. The maximum absolute atomic E-state index is 13.4. The highest BCUT2D eigenvalue weighted by molar-refractivity contribution is 5.95. The summed E-state index contributed by atoms with van der Waals surface area (Å²) in [5.41, 5.74) is 12.9. The highest BCUT2D eigenvalue weighted by atomic mass is 16.5. The number of para-hydroxylation sites is 1. The lowest BCUT2D eigenvalue weighted by molar-refractivity contribution is -0.132. The van der Waals surface area contributed by atoms with E-state index in [9.17, 15) is 14.7 Å². The highest BCUT2D eigenvalue weighted by Crippen LogP contribution is 2.32. The van der Waals surface area contributed by atoms with E-state index in [-0.39, 0.29) is 17.9 Å². The second kappa shape index (κ2) is 14.0. The number of aliphatic hydroxyl groups excluding tert-OH is 1. The largest absolute Gasteiger partial charge is 0.389 e. The van der Waals surface area contributed by atoms with Crippen molar-refractivity contribution in [3.8, 4) is 11.1 Å². The number of amides is 2. The van der Waals surface area contributed by atoms with Crippen LogP contribution in [0.4, 0.5) is 0 Å². The van der Waals surface area contributed by atoms with Crippen molar-refractivity contribution >= 4 is 22.7 Å². The number of likely N-dealkylation sites (tertiary alicyclic amines) is 2. The molecule has 2 amide bonds. The van der Waals surface area contributed by atoms with E-state index in [2.05, 4.69) is 59.2 Å². The monoisotopic (exact) mass is 608 g/mol. The van der Waals surface area contributed by atoms with Crippen LogP contribution in [0.5, 0.6) is 0 Å². The minimum atomic E-state index is -0.406. The van der Waals surface area contributed by atoms with Crippen molar-refractivity contribution in [1.29, 1.82) is 0 Å². The lowest BCUT2D eigenvalue weighted by atomic mass is 9.93. The number of β-amino-alcohol motifs (C(OH)–C–C–N with tert-alkyl or cyclic N) is 1. The molecule has 0 bridgehead atoms. The summed E-state index contributed by atoms with van der Waals surface area (Å²) in [7, 11) is 1.74. The van der Waals surface area contributed by atoms with Gasteiger partial charge in [0, 0.05) is 81.6 Å². The molecule has 3 heterocycles. The SMILES string of the molecule is COCCCn1c(C2CCCN(C(=O)CC(N)Cc3ccc(-c4ccc(C(=O)N5CC(O)C5)cc4)cc3)C2)cc2ccccc21. The van der Waals surface area contributed by atoms with Crippen molar-refractivity contribution in [1.82, 2.24) is 14.4 Å². The minimum absolute atomic E-state index is 0.0491. The van der Waals surface area contributed by atoms with Crippen molar-refractivity contribution in [2.45, 2.75) is 56.7 Å². The van der Waals surface area contributed by atoms with Crippen LogP contribution in [-0.4, -0.2) is 83.3 Å². The number of hydrogen-bond donors (Lipinski definition) is 2. The molecule has 2 aliphatic rings. The van der Waals surface area contributed by atoms with Gasteiger partial charge < -0.3 is 29.9 Å². The first-order chi connectivity index (χ1) is 21.9. The molecule has 1 aromatic heterocycles. The van der Waals surface area contributed by atoms with Crippen LogP contribution >= 0.6 is 0 Å². The lowest BCUT2D eigenvalue weighted by Crippen LogP contribution is -2.53. The van der Waals surface area contributed by atoms with Gasteiger partial charge >= 0.3 is 0 Å². The van der Waals surface area contributed by atoms with E-state index < -0.39 is 6.10 Å². The van der Waals surface area contributed by atoms with Crippen LogP contribution < -0.4 is 5.73 Å². The van der Waals surface area contributed by atoms with Crippen LogP contribution in [0.15, 0.2) is 78.9 Å². The first kappa shape index (κ1) is 31.0. The zero-order chi connectivity index (χ0) is 31.3. The number of rotatable bonds is 11. The van der Waals surface area contributed by atoms with E-state index >= 15 is 0 Å². The van der Waals surface area contributed by atoms with E-state index in [1.165, 1.54) is 16.6 Å². The summed E-state index contributed by atoms with van der Waals surface area (Å²) in [5.74, 6) is 0.386. The maximum atomic E-state index is 13.4. The van der Waals surface area contributed by atoms with Gasteiger partial charge in [-0.15, -0.1) is 0 Å². The second-order valence-corrected chi connectivity index (χ2v) is 12.6. The molecule has 6 rings (SSSR count). The van der Waals surface area contributed by atoms with Gasteiger partial charge in [0.1, 0.15) is 0 Å². The van der Waals surface area contributed by atoms with Crippen LogP contribution in [0.1, 0.15) is 53.2 Å². The third-order valence-electron chi connectivity index (χ3n) is 9.27. The second-order valence-electron chi connectivity index (χ2n) is 12.6. The van der Waals surface area contributed by atoms with Gasteiger partial charge in [-0.2, -0.15) is 0 Å². The Morgan fingerprint density at radius 2 is 1.67 bits per heavy atom. The van der Waals surface area contributed by atoms with Gasteiger partial charge in [-0.3, -0.25) is 9.59 Å². The third-order valence-corrected chi connectivity index (χ3v) is 9.27. The Labute approximate surface area is 265 Å². The Bertz CT molecular complexity index is 1610. The summed E-state index contributed by atoms with van der Waals surface area (Å²) in [6, 6.07) is 26.4. The molecule has 3 aromatic carbocycles. The minimum Gasteiger partial charge on any atom is -0.389 e. The van der Waals surface area contributed by atoms with Gasteiger partial charge in [-0.25, -0.2) is 0 Å². The number of aliphatic hydroxyl groups is 1. The molecule has 2 aliphatic heterocycles. The Kier molecular flexibility index (Phi) is 9.64. The van der Waals surface area contributed by atoms with Gasteiger partial charge in [0.15, 0.2) is 0 Å². The Morgan fingerprint density at radius 3 is 2.38 bits per heavy atom. The third kappa shape index (κ3) is 7.14. The fourth-order valence-electron chi connectivity index (χ4n) is 6.80. The average Bonchev–Trinajstić information content (AvgIpc) is 3.42. The van der Waals surface area contributed by atoms with Crippen molar-refractivity contribution in [2.75, 3.05) is 39.9 Å². The van der Waals surface area contributed by atoms with Crippen LogP contribution in [0.25, 0.3) is 22.0 Å². The van der Waals surface area contributed by atoms with E-state index in [0.717, 1.165) is 62.2 Å². The molecule has 2 saturated heterocycles. The van der Waals surface area contributed by atoms with Gasteiger partial charge in [-0.05, 0) is 72.0 Å². The molecule has 2 fully saturated rings. The zero-order valence-corrected chi connectivity index (χ0v) is 26.1. The summed E-state index contributed by atoms with van der Waals surface area (Å²) in [6.07, 6.45) is 3.57. The summed E-state index contributed by atoms with van der Waals surface area (Å²) in [5, 5.41) is 10.7. The topological polar surface area (TPSA) is 101 Å². The molecule has 0 saturated carbocycles. The number of carbonyl (C=O) groups excluding carboxylic acids is 2. The number of ether oxygens (including phenoxy) is 1. The number of hydrogen-bond acceptors (Lipinski definition) is 5. The molecule has 8 nitrogen and oxygen atoms in total. The zero-order valence-electron chi connectivity index (χ0n) is 26.1. The molecule has 2 unspecified atom stereocenters. The Morgan fingerprint density at radius 1 is 0.956 bits per heavy atom. The van der Waals surface area contributed by atoms with Crippen LogP contribution in [0, 0.1) is 0 Å². The summed E-state index contributed by atoms with van der Waals surface area (Å²) in [6.45, 7) is 3.94. The first-order valence-electron chi connectivity index (χ1n) is 16.2. The van der Waals surface area contributed by atoms with Crippen LogP contribution in [0.3, 0.4) is 0 Å². The Hall–Kier alpha value is -3.98. The van der Waals surface area contributed by atoms with Crippen LogP contribution in [0.2, 0.25) is 0 Å². The molecule has 2 atom stereocenters. The van der Waals surface area contributed by atoms with E-state index in [1.54, 1.807) is 12.0 Å². The molecule has 3 N–H and O–H groups in total. The van der Waals surface area contributed by atoms with Crippen molar-refractivity contribution < 1.29 is 19.4 Å². The number of benzene rings is 3. The standard InChI is InChI=1S/C37H44N4O4/c1-45-19-5-18-41-34-8-3-2-6-30(34)21-35(41)31-7-4-17-39(23-31)36(43)22-32(38)20-26-9-11-27(12-10-26)28-13-15-29(16-14-28)37(44)40-24-33(42)25-40/h2-3,6,8-16,21,31-33,42H,4-5,7,17-20,22-25,38H2,1H3. The number of fused-ring (bicyclic) bond motifs is 1. The highest BCUT2D eigenvalue weighted by Gasteiger charge is 2.30. The van der Waals surface area contributed by atoms with E-state index in [0.29, 0.717) is 37.4 Å². The fourth-order valence-corrected chi connectivity index (χ4v) is 6.80. The quantitative estimate of drug-likeness (QED) is 0.238. The number of nitrogens with two attached hydrogens (primary N) is 1. The molecule has 45 heavy (non-hydrogen) atoms. The molecule has 236 valence electrons. The van der Waals surface area contributed by atoms with E-state index in [1.807, 2.05) is 29.2 Å². The maximum Gasteiger partial charge on any atom is 0.254 e. The number of aromatic nitrogens is 1. The Balaban J connectivity index is 1.04. The lowest BCUT2D eigenvalue weighted by Gasteiger charge is -2.35. The smallest absolute Gasteiger partial charge is 0.254 e. The number of carbonyl (C=O) groups is 2. The number of nitrogens with zero attached hydrogens (tertiary/aromatic N) is 3. The number of methoxy groups -OCH3 is 1. The van der Waals surface area contributed by atoms with Crippen molar-refractivity contribution in [2.24, 2.45) is 5.73 Å². The molecule has 0 aliphatic carbocycles. The molecule has 0 radical (unpaired) electrons. The number of aryl methyl sites for hydroxylation is 1. The summed E-state index contributed by atoms with van der Waals surface area (Å²) in [4.78, 5) is 29.6. The fraction of sp³-hybridized carbons (Fsp3) is 0.405. The van der Waals surface area contributed by atoms with E-state index in [4.69, 9.17) is 10.5 Å². The molecule has 4 aromatic rings. The average molecular weight is 609 g/mol. The molecule has 0 spiro atoms. The normalized spacial score (nSPS) is 17.8. The van der Waals surface area contributed by atoms with Gasteiger partial charge in [-0.1, -0.05) is 54.6 Å². The van der Waals surface area contributed by atoms with Crippen molar-refractivity contribution in [3.63, 3.8) is 0 Å².